The van der Waals surface area contributed by atoms with Crippen molar-refractivity contribution in [3.8, 4) is 0 Å². The van der Waals surface area contributed by atoms with Crippen LogP contribution in [0, 0.1) is 11.7 Å². The average molecular weight is 247 g/mol. The van der Waals surface area contributed by atoms with Crippen molar-refractivity contribution >= 4 is 0 Å². The van der Waals surface area contributed by atoms with E-state index in [4.69, 9.17) is 0 Å². The van der Waals surface area contributed by atoms with Crippen molar-refractivity contribution in [1.82, 2.24) is 5.32 Å². The van der Waals surface area contributed by atoms with Crippen molar-refractivity contribution in [2.45, 2.75) is 25.6 Å². The number of halogens is 4. The van der Waals surface area contributed by atoms with Gasteiger partial charge in [0.05, 0.1) is 5.56 Å². The highest BCUT2D eigenvalue weighted by atomic mass is 19.4. The van der Waals surface area contributed by atoms with E-state index in [0.29, 0.717) is 12.5 Å². The van der Waals surface area contributed by atoms with E-state index in [1.165, 1.54) is 0 Å². The van der Waals surface area contributed by atoms with Gasteiger partial charge >= 0.3 is 6.18 Å². The quantitative estimate of drug-likeness (QED) is 0.804. The molecule has 2 rings (SSSR count). The van der Waals surface area contributed by atoms with Crippen LogP contribution < -0.4 is 5.32 Å². The van der Waals surface area contributed by atoms with E-state index in [0.717, 1.165) is 31.0 Å². The number of alkyl halides is 3. The Labute approximate surface area is 96.8 Å². The molecule has 0 heterocycles. The number of rotatable bonds is 4. The Morgan fingerprint density at radius 3 is 2.53 bits per heavy atom. The molecule has 1 aliphatic rings. The smallest absolute Gasteiger partial charge is 0.312 e. The molecule has 0 saturated heterocycles. The molecular weight excluding hydrogens is 234 g/mol. The minimum Gasteiger partial charge on any atom is -0.312 e. The van der Waals surface area contributed by atoms with Crippen LogP contribution in [0.2, 0.25) is 0 Å². The van der Waals surface area contributed by atoms with Crippen molar-refractivity contribution in [1.29, 1.82) is 0 Å². The molecule has 0 amide bonds. The lowest BCUT2D eigenvalue weighted by atomic mass is 10.1. The Bertz CT molecular complexity index is 396. The molecule has 0 aliphatic heterocycles. The molecule has 1 nitrogen and oxygen atoms in total. The second-order valence-electron chi connectivity index (χ2n) is 4.34. The first-order valence-electron chi connectivity index (χ1n) is 5.54. The molecule has 17 heavy (non-hydrogen) atoms. The molecule has 0 atom stereocenters. The summed E-state index contributed by atoms with van der Waals surface area (Å²) in [6, 6.07) is 3.06. The van der Waals surface area contributed by atoms with Crippen LogP contribution in [0.15, 0.2) is 18.2 Å². The summed E-state index contributed by atoms with van der Waals surface area (Å²) in [5, 5.41) is 2.88. The Morgan fingerprint density at radius 1 is 1.24 bits per heavy atom. The first kappa shape index (κ1) is 12.4. The summed E-state index contributed by atoms with van der Waals surface area (Å²) < 4.78 is 51.3. The number of nitrogens with one attached hydrogen (secondary N) is 1. The van der Waals surface area contributed by atoms with Gasteiger partial charge in [-0.15, -0.1) is 0 Å². The molecule has 1 aromatic carbocycles. The number of hydrogen-bond acceptors (Lipinski definition) is 1. The predicted octanol–water partition coefficient (Wildman–Crippen LogP) is 3.34. The Hall–Kier alpha value is -1.10. The van der Waals surface area contributed by atoms with Crippen LogP contribution in [-0.2, 0) is 12.7 Å². The Morgan fingerprint density at radius 2 is 1.94 bits per heavy atom. The summed E-state index contributed by atoms with van der Waals surface area (Å²) in [5.74, 6) is -0.251. The Kier molecular flexibility index (Phi) is 3.38. The van der Waals surface area contributed by atoms with E-state index in [-0.39, 0.29) is 12.1 Å². The standard InChI is InChI=1S/C12H13F4N/c13-11-3-1-2-10(12(14,15)16)9(11)7-17-6-8-4-5-8/h1-3,8,17H,4-7H2. The molecule has 5 heteroatoms. The molecule has 0 radical (unpaired) electrons. The van der Waals surface area contributed by atoms with Crippen molar-refractivity contribution < 1.29 is 17.6 Å². The largest absolute Gasteiger partial charge is 0.416 e. The van der Waals surface area contributed by atoms with Gasteiger partial charge in [-0.05, 0) is 37.4 Å². The van der Waals surface area contributed by atoms with Gasteiger partial charge in [-0.1, -0.05) is 6.07 Å². The summed E-state index contributed by atoms with van der Waals surface area (Å²) in [6.45, 7) is 0.587. The first-order valence-corrected chi connectivity index (χ1v) is 5.54. The van der Waals surface area contributed by atoms with Crippen molar-refractivity contribution in [2.75, 3.05) is 6.54 Å². The van der Waals surface area contributed by atoms with Gasteiger partial charge in [-0.25, -0.2) is 4.39 Å². The lowest BCUT2D eigenvalue weighted by Crippen LogP contribution is -2.20. The number of benzene rings is 1. The van der Waals surface area contributed by atoms with Crippen molar-refractivity contribution in [2.24, 2.45) is 5.92 Å². The zero-order chi connectivity index (χ0) is 12.5. The summed E-state index contributed by atoms with van der Waals surface area (Å²) in [7, 11) is 0. The van der Waals surface area contributed by atoms with Crippen LogP contribution in [0.1, 0.15) is 24.0 Å². The molecule has 94 valence electrons. The topological polar surface area (TPSA) is 12.0 Å². The zero-order valence-corrected chi connectivity index (χ0v) is 9.15. The minimum absolute atomic E-state index is 0.0714. The van der Waals surface area contributed by atoms with E-state index in [1.54, 1.807) is 0 Å². The molecular formula is C12H13F4N. The van der Waals surface area contributed by atoms with Gasteiger partial charge in [-0.2, -0.15) is 13.2 Å². The third-order valence-electron chi connectivity index (χ3n) is 2.86. The maximum absolute atomic E-state index is 13.4. The van der Waals surface area contributed by atoms with Gasteiger partial charge in [-0.3, -0.25) is 0 Å². The fourth-order valence-corrected chi connectivity index (χ4v) is 1.73. The minimum atomic E-state index is -4.50. The fourth-order valence-electron chi connectivity index (χ4n) is 1.73. The highest BCUT2D eigenvalue weighted by Crippen LogP contribution is 2.33. The molecule has 0 unspecified atom stereocenters. The van der Waals surface area contributed by atoms with Gasteiger partial charge in [0.15, 0.2) is 0 Å². The first-order chi connectivity index (χ1) is 7.98. The van der Waals surface area contributed by atoms with Gasteiger partial charge in [0.1, 0.15) is 5.82 Å². The summed E-state index contributed by atoms with van der Waals surface area (Å²) in [4.78, 5) is 0. The molecule has 0 aromatic heterocycles. The van der Waals surface area contributed by atoms with Crippen LogP contribution in [0.25, 0.3) is 0 Å². The van der Waals surface area contributed by atoms with E-state index in [1.807, 2.05) is 0 Å². The van der Waals surface area contributed by atoms with Gasteiger partial charge in [0.25, 0.3) is 0 Å². The van der Waals surface area contributed by atoms with E-state index < -0.39 is 17.6 Å². The zero-order valence-electron chi connectivity index (χ0n) is 9.15. The van der Waals surface area contributed by atoms with Crippen LogP contribution in [0.5, 0.6) is 0 Å². The summed E-state index contributed by atoms with van der Waals surface area (Å²) in [5.41, 5.74) is -1.18. The van der Waals surface area contributed by atoms with Crippen LogP contribution in [0.3, 0.4) is 0 Å². The third kappa shape index (κ3) is 3.19. The SMILES string of the molecule is Fc1cccc(C(F)(F)F)c1CNCC1CC1. The second kappa shape index (κ2) is 4.64. The molecule has 1 aliphatic carbocycles. The highest BCUT2D eigenvalue weighted by molar-refractivity contribution is 5.31. The third-order valence-corrected chi connectivity index (χ3v) is 2.86. The normalized spacial score (nSPS) is 16.2. The maximum Gasteiger partial charge on any atom is 0.416 e. The van der Waals surface area contributed by atoms with E-state index in [2.05, 4.69) is 5.32 Å². The Balaban J connectivity index is 2.11. The fraction of sp³-hybridized carbons (Fsp3) is 0.500. The molecule has 0 bridgehead atoms. The predicted molar refractivity (Wildman–Crippen MR) is 55.8 cm³/mol. The monoisotopic (exact) mass is 247 g/mol. The van der Waals surface area contributed by atoms with Gasteiger partial charge in [0, 0.05) is 12.1 Å². The molecule has 0 spiro atoms. The lowest BCUT2D eigenvalue weighted by molar-refractivity contribution is -0.138. The maximum atomic E-state index is 13.4. The summed E-state index contributed by atoms with van der Waals surface area (Å²) in [6.07, 6.45) is -2.29. The van der Waals surface area contributed by atoms with Crippen LogP contribution in [-0.4, -0.2) is 6.54 Å². The van der Waals surface area contributed by atoms with E-state index in [9.17, 15) is 17.6 Å². The van der Waals surface area contributed by atoms with Crippen LogP contribution >= 0.6 is 0 Å². The van der Waals surface area contributed by atoms with Crippen molar-refractivity contribution in [3.05, 3.63) is 35.1 Å². The van der Waals surface area contributed by atoms with Crippen molar-refractivity contribution in [3.63, 3.8) is 0 Å². The van der Waals surface area contributed by atoms with Gasteiger partial charge < -0.3 is 5.32 Å². The lowest BCUT2D eigenvalue weighted by Gasteiger charge is -2.14. The molecule has 1 aromatic rings. The second-order valence-corrected chi connectivity index (χ2v) is 4.34. The van der Waals surface area contributed by atoms with Gasteiger partial charge in [0.2, 0.25) is 0 Å². The van der Waals surface area contributed by atoms with Crippen LogP contribution in [0.4, 0.5) is 17.6 Å². The molecule has 1 N–H and O–H groups in total. The molecule has 1 fully saturated rings. The van der Waals surface area contributed by atoms with E-state index >= 15 is 0 Å². The molecule has 1 saturated carbocycles. The number of hydrogen-bond donors (Lipinski definition) is 1. The highest BCUT2D eigenvalue weighted by Gasteiger charge is 2.34. The average Bonchev–Trinajstić information content (AvgIpc) is 3.02. The summed E-state index contributed by atoms with van der Waals surface area (Å²) >= 11 is 0.